The summed E-state index contributed by atoms with van der Waals surface area (Å²) >= 11 is 12.7. The van der Waals surface area contributed by atoms with Crippen molar-refractivity contribution < 1.29 is 9.53 Å². The van der Waals surface area contributed by atoms with E-state index in [2.05, 4.69) is 34.0 Å². The highest BCUT2D eigenvalue weighted by Crippen LogP contribution is 2.50. The molecule has 0 amide bonds. The summed E-state index contributed by atoms with van der Waals surface area (Å²) in [5.74, 6) is 1.98. The molecule has 2 atom stereocenters. The number of fused-ring (bicyclic) bond motifs is 1. The minimum absolute atomic E-state index is 0.0214. The molecule has 0 N–H and O–H groups in total. The molecule has 224 valence electrons. The second kappa shape index (κ2) is 10.3. The zero-order valence-corrected chi connectivity index (χ0v) is 26.3. The van der Waals surface area contributed by atoms with Crippen molar-refractivity contribution in [3.63, 3.8) is 0 Å². The van der Waals surface area contributed by atoms with Crippen LogP contribution in [0.25, 0.3) is 11.2 Å². The van der Waals surface area contributed by atoms with Crippen LogP contribution in [0.4, 0.5) is 5.95 Å². The maximum absolute atomic E-state index is 12.2. The van der Waals surface area contributed by atoms with Gasteiger partial charge in [0.2, 0.25) is 5.95 Å². The number of aromatic nitrogens is 5. The van der Waals surface area contributed by atoms with Gasteiger partial charge in [0.05, 0.1) is 24.3 Å². The molecule has 2 aliphatic heterocycles. The van der Waals surface area contributed by atoms with Crippen molar-refractivity contribution in [1.29, 1.82) is 0 Å². The van der Waals surface area contributed by atoms with Crippen LogP contribution >= 0.6 is 23.2 Å². The van der Waals surface area contributed by atoms with Gasteiger partial charge < -0.3 is 14.5 Å². The number of hydrogen-bond donors (Lipinski definition) is 0. The summed E-state index contributed by atoms with van der Waals surface area (Å²) in [6, 6.07) is 5.89. The molecule has 4 heterocycles. The molecule has 42 heavy (non-hydrogen) atoms. The van der Waals surface area contributed by atoms with Crippen molar-refractivity contribution in [3.05, 3.63) is 39.5 Å². The summed E-state index contributed by atoms with van der Waals surface area (Å²) < 4.78 is 6.92. The molecule has 2 saturated heterocycles. The summed E-state index contributed by atoms with van der Waals surface area (Å²) in [5.41, 5.74) is 3.19. The maximum Gasteiger partial charge on any atom is 0.311 e. The molecule has 11 heteroatoms. The fourth-order valence-electron chi connectivity index (χ4n) is 7.42. The van der Waals surface area contributed by atoms with Crippen molar-refractivity contribution in [2.24, 2.45) is 17.3 Å². The van der Waals surface area contributed by atoms with Crippen LogP contribution in [0.5, 0.6) is 0 Å². The Kier molecular flexibility index (Phi) is 6.94. The van der Waals surface area contributed by atoms with Crippen LogP contribution in [0.2, 0.25) is 10.0 Å². The number of nitrogens with zero attached hydrogens (tertiary/aromatic N) is 7. The van der Waals surface area contributed by atoms with Crippen LogP contribution in [0.1, 0.15) is 76.6 Å². The number of methoxy groups -OCH3 is 1. The molecular weight excluding hydrogens is 573 g/mol. The molecular formula is C31H39Cl2N7O2. The number of anilines is 1. The quantitative estimate of drug-likeness (QED) is 0.315. The van der Waals surface area contributed by atoms with Gasteiger partial charge in [0, 0.05) is 41.1 Å². The van der Waals surface area contributed by atoms with Crippen molar-refractivity contribution in [1.82, 2.24) is 29.9 Å². The highest BCUT2D eigenvalue weighted by Gasteiger charge is 2.50. The SMILES string of the molecule is COC(=O)C1(C)CC(N2CCC[C@H](C3CN(c4nc(C5(C)CC5)c5nnn([C@H](C)c6ccc(Cl)cc6Cl)c5n4)C3)C2)C1. The molecule has 2 aliphatic carbocycles. The van der Waals surface area contributed by atoms with Crippen molar-refractivity contribution in [3.8, 4) is 0 Å². The third kappa shape index (κ3) is 4.76. The Bertz CT molecular complexity index is 1530. The Labute approximate surface area is 256 Å². The van der Waals surface area contributed by atoms with E-state index in [9.17, 15) is 4.79 Å². The zero-order valence-electron chi connectivity index (χ0n) is 24.8. The second-order valence-electron chi connectivity index (χ2n) is 13.7. The summed E-state index contributed by atoms with van der Waals surface area (Å²) in [6.45, 7) is 10.5. The number of likely N-dealkylation sites (tertiary alicyclic amines) is 1. The average Bonchev–Trinajstić information content (AvgIpc) is 3.54. The molecule has 2 aromatic heterocycles. The van der Waals surface area contributed by atoms with Gasteiger partial charge in [-0.3, -0.25) is 4.79 Å². The van der Waals surface area contributed by atoms with Crippen LogP contribution in [-0.2, 0) is 14.9 Å². The highest BCUT2D eigenvalue weighted by atomic mass is 35.5. The summed E-state index contributed by atoms with van der Waals surface area (Å²) in [4.78, 5) is 27.3. The molecule has 0 radical (unpaired) electrons. The number of carbonyl (C=O) groups is 1. The molecule has 0 unspecified atom stereocenters. The smallest absolute Gasteiger partial charge is 0.311 e. The normalized spacial score (nSPS) is 28.3. The van der Waals surface area contributed by atoms with E-state index in [-0.39, 0.29) is 22.8 Å². The minimum Gasteiger partial charge on any atom is -0.469 e. The van der Waals surface area contributed by atoms with Crippen LogP contribution in [0, 0.1) is 17.3 Å². The fraction of sp³-hybridized carbons (Fsp3) is 0.645. The molecule has 1 aromatic carbocycles. The number of halogens is 2. The van der Waals surface area contributed by atoms with E-state index < -0.39 is 0 Å². The lowest BCUT2D eigenvalue weighted by Gasteiger charge is -2.52. The number of esters is 1. The number of ether oxygens (including phenoxy) is 1. The predicted molar refractivity (Wildman–Crippen MR) is 163 cm³/mol. The Morgan fingerprint density at radius 3 is 2.55 bits per heavy atom. The van der Waals surface area contributed by atoms with E-state index in [1.54, 1.807) is 6.07 Å². The van der Waals surface area contributed by atoms with Gasteiger partial charge in [-0.1, -0.05) is 41.4 Å². The first-order chi connectivity index (χ1) is 20.1. The lowest BCUT2D eigenvalue weighted by atomic mass is 9.65. The Morgan fingerprint density at radius 2 is 1.86 bits per heavy atom. The van der Waals surface area contributed by atoms with E-state index in [1.807, 2.05) is 23.7 Å². The molecule has 4 aliphatic rings. The van der Waals surface area contributed by atoms with Crippen LogP contribution in [-0.4, -0.2) is 75.2 Å². The van der Waals surface area contributed by atoms with Gasteiger partial charge in [0.15, 0.2) is 11.2 Å². The number of benzene rings is 1. The molecule has 0 bridgehead atoms. The van der Waals surface area contributed by atoms with Crippen LogP contribution in [0.15, 0.2) is 18.2 Å². The van der Waals surface area contributed by atoms with Gasteiger partial charge in [-0.15, -0.1) is 5.10 Å². The van der Waals surface area contributed by atoms with E-state index >= 15 is 0 Å². The zero-order chi connectivity index (χ0) is 29.4. The predicted octanol–water partition coefficient (Wildman–Crippen LogP) is 5.68. The highest BCUT2D eigenvalue weighted by molar-refractivity contribution is 6.35. The monoisotopic (exact) mass is 611 g/mol. The summed E-state index contributed by atoms with van der Waals surface area (Å²) in [6.07, 6.45) is 6.48. The molecule has 3 aromatic rings. The van der Waals surface area contributed by atoms with Gasteiger partial charge in [-0.05, 0) is 88.4 Å². The lowest BCUT2D eigenvalue weighted by Crippen LogP contribution is -2.59. The Hall–Kier alpha value is -2.49. The maximum atomic E-state index is 12.2. The first-order valence-electron chi connectivity index (χ1n) is 15.2. The van der Waals surface area contributed by atoms with Gasteiger partial charge >= 0.3 is 5.97 Å². The molecule has 2 saturated carbocycles. The van der Waals surface area contributed by atoms with Gasteiger partial charge in [-0.25, -0.2) is 9.67 Å². The average molecular weight is 613 g/mol. The van der Waals surface area contributed by atoms with Gasteiger partial charge in [-0.2, -0.15) is 4.98 Å². The minimum atomic E-state index is -0.316. The second-order valence-corrected chi connectivity index (χ2v) is 14.5. The number of hydrogen-bond acceptors (Lipinski definition) is 8. The Morgan fingerprint density at radius 1 is 1.10 bits per heavy atom. The standard InChI is InChI=1S/C31H39Cl2N7O2/c1-18(23-8-7-21(32)12-24(23)33)40-27-25(36-37-40)26(30(2)9-10-30)34-29(35-27)39-16-20(17-39)19-6-5-11-38(15-19)22-13-31(3,14-22)28(41)42-4/h7-8,12,18-20,22H,5-6,9-11,13-17H2,1-4H3/t18-,19+,22?,31?/m1/s1. The molecule has 7 rings (SSSR count). The third-order valence-corrected chi connectivity index (χ3v) is 11.1. The van der Waals surface area contributed by atoms with Gasteiger partial charge in [0.25, 0.3) is 0 Å². The van der Waals surface area contributed by atoms with Crippen LogP contribution in [0.3, 0.4) is 0 Å². The Balaban J connectivity index is 1.09. The first kappa shape index (κ1) is 28.3. The molecule has 0 spiro atoms. The summed E-state index contributed by atoms with van der Waals surface area (Å²) in [5, 5.41) is 10.3. The number of rotatable bonds is 7. The van der Waals surface area contributed by atoms with E-state index in [4.69, 9.17) is 37.9 Å². The van der Waals surface area contributed by atoms with Crippen LogP contribution < -0.4 is 4.90 Å². The summed E-state index contributed by atoms with van der Waals surface area (Å²) in [7, 11) is 1.50. The fourth-order valence-corrected chi connectivity index (χ4v) is 7.99. The molecule has 4 fully saturated rings. The number of carbonyl (C=O) groups excluding carboxylic acids is 1. The van der Waals surface area contributed by atoms with E-state index in [1.165, 1.54) is 20.0 Å². The third-order valence-electron chi connectivity index (χ3n) is 10.6. The van der Waals surface area contributed by atoms with E-state index in [0.29, 0.717) is 27.9 Å². The number of piperidine rings is 1. The van der Waals surface area contributed by atoms with Gasteiger partial charge in [0.1, 0.15) is 0 Å². The topological polar surface area (TPSA) is 89.3 Å². The molecule has 9 nitrogen and oxygen atoms in total. The largest absolute Gasteiger partial charge is 0.469 e. The van der Waals surface area contributed by atoms with E-state index in [0.717, 1.165) is 80.2 Å². The van der Waals surface area contributed by atoms with Crippen molar-refractivity contribution >= 4 is 46.3 Å². The first-order valence-corrected chi connectivity index (χ1v) is 16.0. The van der Waals surface area contributed by atoms with Crippen molar-refractivity contribution in [2.75, 3.05) is 38.2 Å². The lowest BCUT2D eigenvalue weighted by molar-refractivity contribution is -0.162. The van der Waals surface area contributed by atoms with Crippen molar-refractivity contribution in [2.45, 2.75) is 76.8 Å².